The fourth-order valence-corrected chi connectivity index (χ4v) is 2.98. The molecule has 0 spiro atoms. The standard InChI is InChI=1S/C14H21N7O/c15-14-17-12(18-19-14)10-13(22)21-8-2-1-4-11(21)5-9-20-7-3-6-16-20/h3,6-7,11H,1-2,4-5,8-10H2,(H3,15,17,18,19)/t11-/m1/s1. The number of amides is 1. The Morgan fingerprint density at radius 2 is 2.36 bits per heavy atom. The summed E-state index contributed by atoms with van der Waals surface area (Å²) in [6.45, 7) is 1.64. The Morgan fingerprint density at radius 3 is 3.09 bits per heavy atom. The van der Waals surface area contributed by atoms with E-state index in [1.54, 1.807) is 6.20 Å². The molecular formula is C14H21N7O. The molecule has 0 saturated carbocycles. The van der Waals surface area contributed by atoms with E-state index in [0.29, 0.717) is 5.82 Å². The summed E-state index contributed by atoms with van der Waals surface area (Å²) < 4.78 is 1.91. The molecule has 2 aromatic heterocycles. The van der Waals surface area contributed by atoms with Crippen LogP contribution in [0.15, 0.2) is 18.5 Å². The van der Waals surface area contributed by atoms with Gasteiger partial charge < -0.3 is 10.6 Å². The molecule has 1 aliphatic heterocycles. The molecule has 3 N–H and O–H groups in total. The topological polar surface area (TPSA) is 106 Å². The van der Waals surface area contributed by atoms with Crippen LogP contribution in [0.5, 0.6) is 0 Å². The van der Waals surface area contributed by atoms with Crippen molar-refractivity contribution in [2.75, 3.05) is 12.3 Å². The second kappa shape index (κ2) is 6.59. The number of rotatable bonds is 5. The summed E-state index contributed by atoms with van der Waals surface area (Å²) >= 11 is 0. The highest BCUT2D eigenvalue weighted by Crippen LogP contribution is 2.21. The molecule has 0 aromatic carbocycles. The normalized spacial score (nSPS) is 18.5. The summed E-state index contributed by atoms with van der Waals surface area (Å²) in [5.74, 6) is 0.789. The third-order valence-corrected chi connectivity index (χ3v) is 4.07. The van der Waals surface area contributed by atoms with Gasteiger partial charge in [-0.1, -0.05) is 0 Å². The largest absolute Gasteiger partial charge is 0.367 e. The molecule has 0 radical (unpaired) electrons. The van der Waals surface area contributed by atoms with E-state index in [9.17, 15) is 4.79 Å². The van der Waals surface area contributed by atoms with E-state index in [1.165, 1.54) is 6.42 Å². The Labute approximate surface area is 128 Å². The monoisotopic (exact) mass is 303 g/mol. The molecule has 1 fully saturated rings. The summed E-state index contributed by atoms with van der Waals surface area (Å²) in [5, 5.41) is 10.7. The first-order valence-corrected chi connectivity index (χ1v) is 7.66. The second-order valence-electron chi connectivity index (χ2n) is 5.61. The summed E-state index contributed by atoms with van der Waals surface area (Å²) in [4.78, 5) is 18.5. The molecule has 0 unspecified atom stereocenters. The van der Waals surface area contributed by atoms with Gasteiger partial charge >= 0.3 is 0 Å². The Kier molecular flexibility index (Phi) is 4.36. The van der Waals surface area contributed by atoms with Crippen LogP contribution >= 0.6 is 0 Å². The quantitative estimate of drug-likeness (QED) is 0.841. The molecular weight excluding hydrogens is 282 g/mol. The fraction of sp³-hybridized carbons (Fsp3) is 0.571. The van der Waals surface area contributed by atoms with E-state index >= 15 is 0 Å². The van der Waals surface area contributed by atoms with Crippen LogP contribution in [-0.4, -0.2) is 48.4 Å². The van der Waals surface area contributed by atoms with Gasteiger partial charge in [0, 0.05) is 31.5 Å². The Hall–Kier alpha value is -2.38. The van der Waals surface area contributed by atoms with Gasteiger partial charge in [0.1, 0.15) is 5.82 Å². The Bertz CT molecular complexity index is 606. The van der Waals surface area contributed by atoms with Gasteiger partial charge in [-0.2, -0.15) is 10.1 Å². The lowest BCUT2D eigenvalue weighted by atomic mass is 9.99. The van der Waals surface area contributed by atoms with Crippen molar-refractivity contribution >= 4 is 11.9 Å². The van der Waals surface area contributed by atoms with Gasteiger partial charge in [-0.3, -0.25) is 14.6 Å². The third-order valence-electron chi connectivity index (χ3n) is 4.07. The van der Waals surface area contributed by atoms with Crippen LogP contribution in [0.25, 0.3) is 0 Å². The lowest BCUT2D eigenvalue weighted by Gasteiger charge is -2.35. The highest BCUT2D eigenvalue weighted by molar-refractivity contribution is 5.78. The number of nitrogen functional groups attached to an aromatic ring is 1. The number of nitrogens with two attached hydrogens (primary N) is 1. The van der Waals surface area contributed by atoms with E-state index in [1.807, 2.05) is 21.8 Å². The number of anilines is 1. The van der Waals surface area contributed by atoms with Gasteiger partial charge in [-0.25, -0.2) is 0 Å². The minimum atomic E-state index is 0.0846. The predicted molar refractivity (Wildman–Crippen MR) is 80.7 cm³/mol. The number of aromatic nitrogens is 5. The molecule has 1 aliphatic rings. The highest BCUT2D eigenvalue weighted by atomic mass is 16.2. The first-order chi connectivity index (χ1) is 10.7. The zero-order valence-corrected chi connectivity index (χ0v) is 12.5. The molecule has 1 amide bonds. The summed E-state index contributed by atoms with van der Waals surface area (Å²) in [6, 6.07) is 2.18. The lowest BCUT2D eigenvalue weighted by Crippen LogP contribution is -2.45. The van der Waals surface area contributed by atoms with Crippen molar-refractivity contribution < 1.29 is 4.79 Å². The summed E-state index contributed by atoms with van der Waals surface area (Å²) in [5.41, 5.74) is 5.47. The second-order valence-corrected chi connectivity index (χ2v) is 5.61. The van der Waals surface area contributed by atoms with Crippen molar-refractivity contribution in [1.29, 1.82) is 0 Å². The van der Waals surface area contributed by atoms with Crippen LogP contribution in [0.1, 0.15) is 31.5 Å². The number of H-pyrrole nitrogens is 1. The van der Waals surface area contributed by atoms with Crippen molar-refractivity contribution in [2.24, 2.45) is 0 Å². The highest BCUT2D eigenvalue weighted by Gasteiger charge is 2.27. The Balaban J connectivity index is 1.60. The molecule has 118 valence electrons. The molecule has 1 atom stereocenters. The molecule has 8 heteroatoms. The van der Waals surface area contributed by atoms with Crippen LogP contribution in [0.2, 0.25) is 0 Å². The first-order valence-electron chi connectivity index (χ1n) is 7.66. The minimum absolute atomic E-state index is 0.0846. The van der Waals surface area contributed by atoms with E-state index in [2.05, 4.69) is 20.3 Å². The molecule has 2 aromatic rings. The molecule has 3 heterocycles. The van der Waals surface area contributed by atoms with Gasteiger partial charge in [0.15, 0.2) is 0 Å². The molecule has 22 heavy (non-hydrogen) atoms. The maximum Gasteiger partial charge on any atom is 0.239 e. The van der Waals surface area contributed by atoms with Crippen molar-refractivity contribution in [3.05, 3.63) is 24.3 Å². The number of nitrogens with zero attached hydrogens (tertiary/aromatic N) is 5. The summed E-state index contributed by atoms with van der Waals surface area (Å²) in [6.07, 6.45) is 8.15. The van der Waals surface area contributed by atoms with Gasteiger partial charge in [0.2, 0.25) is 11.9 Å². The zero-order valence-electron chi connectivity index (χ0n) is 12.5. The number of hydrogen-bond donors (Lipinski definition) is 2. The number of aryl methyl sites for hydroxylation is 1. The van der Waals surface area contributed by atoms with Crippen LogP contribution in [0.3, 0.4) is 0 Å². The van der Waals surface area contributed by atoms with Gasteiger partial charge in [-0.05, 0) is 31.7 Å². The van der Waals surface area contributed by atoms with Crippen molar-refractivity contribution in [1.82, 2.24) is 29.9 Å². The van der Waals surface area contributed by atoms with Crippen LogP contribution in [0.4, 0.5) is 5.95 Å². The molecule has 3 rings (SSSR count). The maximum absolute atomic E-state index is 12.5. The van der Waals surface area contributed by atoms with Crippen LogP contribution < -0.4 is 5.73 Å². The van der Waals surface area contributed by atoms with Gasteiger partial charge in [0.05, 0.1) is 6.42 Å². The van der Waals surface area contributed by atoms with Crippen LogP contribution in [0, 0.1) is 0 Å². The number of hydrogen-bond acceptors (Lipinski definition) is 5. The number of carbonyl (C=O) groups is 1. The van der Waals surface area contributed by atoms with Crippen molar-refractivity contribution in [3.63, 3.8) is 0 Å². The molecule has 8 nitrogen and oxygen atoms in total. The zero-order chi connectivity index (χ0) is 15.4. The lowest BCUT2D eigenvalue weighted by molar-refractivity contribution is -0.134. The third kappa shape index (κ3) is 3.44. The number of aromatic amines is 1. The maximum atomic E-state index is 12.5. The van der Waals surface area contributed by atoms with E-state index in [0.717, 1.165) is 32.4 Å². The van der Waals surface area contributed by atoms with Gasteiger partial charge in [-0.15, -0.1) is 5.10 Å². The number of likely N-dealkylation sites (tertiary alicyclic amines) is 1. The van der Waals surface area contributed by atoms with Crippen LogP contribution in [-0.2, 0) is 17.8 Å². The van der Waals surface area contributed by atoms with Crippen molar-refractivity contribution in [2.45, 2.75) is 44.7 Å². The number of piperidine rings is 1. The number of carbonyl (C=O) groups excluding carboxylic acids is 1. The smallest absolute Gasteiger partial charge is 0.239 e. The average Bonchev–Trinajstić information content (AvgIpc) is 3.17. The van der Waals surface area contributed by atoms with Gasteiger partial charge in [0.25, 0.3) is 0 Å². The molecule has 1 saturated heterocycles. The van der Waals surface area contributed by atoms with E-state index in [-0.39, 0.29) is 24.3 Å². The Morgan fingerprint density at radius 1 is 1.45 bits per heavy atom. The first kappa shape index (κ1) is 14.6. The fourth-order valence-electron chi connectivity index (χ4n) is 2.98. The van der Waals surface area contributed by atoms with E-state index in [4.69, 9.17) is 5.73 Å². The average molecular weight is 303 g/mol. The molecule has 0 bridgehead atoms. The SMILES string of the molecule is Nc1n[nH]c(CC(=O)N2CCCC[C@@H]2CCn2cccn2)n1. The van der Waals surface area contributed by atoms with E-state index < -0.39 is 0 Å². The summed E-state index contributed by atoms with van der Waals surface area (Å²) in [7, 11) is 0. The predicted octanol–water partition coefficient (Wildman–Crippen LogP) is 0.597. The number of nitrogens with one attached hydrogen (secondary N) is 1. The van der Waals surface area contributed by atoms with Crippen molar-refractivity contribution in [3.8, 4) is 0 Å². The minimum Gasteiger partial charge on any atom is -0.367 e. The molecule has 0 aliphatic carbocycles.